The van der Waals surface area contributed by atoms with Gasteiger partial charge in [0.2, 0.25) is 5.76 Å². The van der Waals surface area contributed by atoms with E-state index in [4.69, 9.17) is 25.5 Å². The summed E-state index contributed by atoms with van der Waals surface area (Å²) in [7, 11) is 0. The molecule has 0 aliphatic carbocycles. The van der Waals surface area contributed by atoms with Crippen molar-refractivity contribution in [3.05, 3.63) is 11.5 Å². The molecule has 5 atom stereocenters. The molecule has 9 N–H and O–H groups in total. The zero-order valence-corrected chi connectivity index (χ0v) is 9.53. The first-order valence-corrected chi connectivity index (χ1v) is 5.01. The van der Waals surface area contributed by atoms with E-state index in [1.807, 2.05) is 0 Å². The average molecular weight is 284 g/mol. The Labute approximate surface area is 106 Å². The normalized spacial score (nSPS) is 20.9. The van der Waals surface area contributed by atoms with Crippen LogP contribution in [0.4, 0.5) is 0 Å². The van der Waals surface area contributed by atoms with Crippen molar-refractivity contribution in [2.45, 2.75) is 30.5 Å². The van der Waals surface area contributed by atoms with E-state index >= 15 is 0 Å². The van der Waals surface area contributed by atoms with E-state index in [-0.39, 0.29) is 0 Å². The molecule has 10 nitrogen and oxygen atoms in total. The van der Waals surface area contributed by atoms with Gasteiger partial charge in [-0.3, -0.25) is 0 Å². The van der Waals surface area contributed by atoms with Gasteiger partial charge in [-0.25, -0.2) is 4.79 Å². The van der Waals surface area contributed by atoms with Crippen LogP contribution >= 0.6 is 0 Å². The molecule has 0 saturated carbocycles. The van der Waals surface area contributed by atoms with Crippen molar-refractivity contribution in [3.8, 4) is 0 Å². The van der Waals surface area contributed by atoms with Crippen molar-refractivity contribution < 1.29 is 50.8 Å². The molecule has 0 aromatic heterocycles. The standard InChI is InChI=1S/C9H16O10/c10-1-2(11)3(12)4(13)5(14)6(15)7(16)8(17)9(18)19/h2-6,10-17H,1H2,(H,18,19)/b8-7+/t2?,3-,4+,5+,6-/m1/s1. The molecule has 10 heteroatoms. The molecule has 1 unspecified atom stereocenters. The highest BCUT2D eigenvalue weighted by Crippen LogP contribution is 2.14. The van der Waals surface area contributed by atoms with Crippen LogP contribution < -0.4 is 0 Å². The van der Waals surface area contributed by atoms with Crippen LogP contribution in [0.25, 0.3) is 0 Å². The zero-order chi connectivity index (χ0) is 15.3. The van der Waals surface area contributed by atoms with E-state index in [0.717, 1.165) is 0 Å². The van der Waals surface area contributed by atoms with Crippen LogP contribution in [0.2, 0.25) is 0 Å². The molecule has 0 saturated heterocycles. The lowest BCUT2D eigenvalue weighted by Crippen LogP contribution is -2.50. The van der Waals surface area contributed by atoms with Gasteiger partial charge in [0.15, 0.2) is 5.76 Å². The Balaban J connectivity index is 4.96. The lowest BCUT2D eigenvalue weighted by Gasteiger charge is -2.28. The molecule has 0 aromatic carbocycles. The van der Waals surface area contributed by atoms with E-state index in [1.165, 1.54) is 0 Å². The van der Waals surface area contributed by atoms with E-state index in [2.05, 4.69) is 0 Å². The predicted molar refractivity (Wildman–Crippen MR) is 57.0 cm³/mol. The smallest absolute Gasteiger partial charge is 0.374 e. The Morgan fingerprint density at radius 2 is 1.32 bits per heavy atom. The van der Waals surface area contributed by atoms with Crippen molar-refractivity contribution in [2.75, 3.05) is 6.61 Å². The van der Waals surface area contributed by atoms with Gasteiger partial charge in [0, 0.05) is 0 Å². The third kappa shape index (κ3) is 4.31. The third-order valence-electron chi connectivity index (χ3n) is 2.33. The van der Waals surface area contributed by atoms with E-state index in [0.29, 0.717) is 0 Å². The fourth-order valence-electron chi connectivity index (χ4n) is 1.14. The van der Waals surface area contributed by atoms with Gasteiger partial charge in [-0.1, -0.05) is 0 Å². The minimum absolute atomic E-state index is 0.955. The van der Waals surface area contributed by atoms with Crippen molar-refractivity contribution in [3.63, 3.8) is 0 Å². The van der Waals surface area contributed by atoms with Crippen LogP contribution in [0.15, 0.2) is 11.5 Å². The van der Waals surface area contributed by atoms with Crippen molar-refractivity contribution in [1.29, 1.82) is 0 Å². The topological polar surface area (TPSA) is 199 Å². The summed E-state index contributed by atoms with van der Waals surface area (Å²) >= 11 is 0. The molecular weight excluding hydrogens is 268 g/mol. The maximum atomic E-state index is 10.3. The molecule has 0 heterocycles. The number of carboxylic acids is 1. The van der Waals surface area contributed by atoms with Crippen molar-refractivity contribution in [1.82, 2.24) is 0 Å². The van der Waals surface area contributed by atoms with Crippen LogP contribution in [0, 0.1) is 0 Å². The number of carboxylic acid groups (broad SMARTS) is 1. The highest BCUT2D eigenvalue weighted by atomic mass is 16.4. The molecule has 0 aliphatic rings. The summed E-state index contributed by atoms with van der Waals surface area (Å²) < 4.78 is 0. The van der Waals surface area contributed by atoms with Crippen LogP contribution in [0.1, 0.15) is 0 Å². The number of hydrogen-bond donors (Lipinski definition) is 9. The lowest BCUT2D eigenvalue weighted by atomic mass is 9.98. The first-order chi connectivity index (χ1) is 8.64. The molecule has 0 amide bonds. The Morgan fingerprint density at radius 3 is 1.68 bits per heavy atom. The largest absolute Gasteiger partial charge is 0.506 e. The highest BCUT2D eigenvalue weighted by molar-refractivity contribution is 5.84. The summed E-state index contributed by atoms with van der Waals surface area (Å²) in [6, 6.07) is 0. The SMILES string of the molecule is O=C(O)/C(O)=C(\O)[C@H](O)[C@@H](O)[C@@H](O)[C@H](O)C(O)CO. The summed E-state index contributed by atoms with van der Waals surface area (Å²) in [5.41, 5.74) is 0. The van der Waals surface area contributed by atoms with Crippen molar-refractivity contribution >= 4 is 5.97 Å². The molecule has 19 heavy (non-hydrogen) atoms. The second kappa shape index (κ2) is 7.23. The molecule has 0 aromatic rings. The van der Waals surface area contributed by atoms with Gasteiger partial charge >= 0.3 is 5.97 Å². The molecule has 112 valence electrons. The Hall–Kier alpha value is -1.43. The van der Waals surface area contributed by atoms with Gasteiger partial charge < -0.3 is 46.0 Å². The highest BCUT2D eigenvalue weighted by Gasteiger charge is 2.37. The van der Waals surface area contributed by atoms with Gasteiger partial charge in [0.1, 0.15) is 30.5 Å². The monoisotopic (exact) mass is 284 g/mol. The maximum Gasteiger partial charge on any atom is 0.374 e. The number of hydrogen-bond acceptors (Lipinski definition) is 9. The van der Waals surface area contributed by atoms with Crippen LogP contribution in [0.5, 0.6) is 0 Å². The first kappa shape index (κ1) is 17.6. The van der Waals surface area contributed by atoms with E-state index in [1.54, 1.807) is 0 Å². The predicted octanol–water partition coefficient (Wildman–Crippen LogP) is -3.80. The van der Waals surface area contributed by atoms with Gasteiger partial charge in [-0.2, -0.15) is 0 Å². The van der Waals surface area contributed by atoms with Gasteiger partial charge in [-0.15, -0.1) is 0 Å². The zero-order valence-electron chi connectivity index (χ0n) is 9.53. The van der Waals surface area contributed by atoms with E-state index < -0.39 is 54.6 Å². The fourth-order valence-corrected chi connectivity index (χ4v) is 1.14. The van der Waals surface area contributed by atoms with Crippen LogP contribution in [0.3, 0.4) is 0 Å². The van der Waals surface area contributed by atoms with Gasteiger partial charge in [-0.05, 0) is 0 Å². The molecule has 0 radical (unpaired) electrons. The Bertz CT molecular complexity index is 340. The lowest BCUT2D eigenvalue weighted by molar-refractivity contribution is -0.142. The number of carbonyl (C=O) groups is 1. The molecule has 0 fully saturated rings. The summed E-state index contributed by atoms with van der Waals surface area (Å²) in [4.78, 5) is 10.3. The van der Waals surface area contributed by atoms with Crippen LogP contribution in [-0.4, -0.2) is 89.1 Å². The number of aliphatic hydroxyl groups is 8. The number of rotatable bonds is 7. The van der Waals surface area contributed by atoms with Gasteiger partial charge in [0.25, 0.3) is 0 Å². The Morgan fingerprint density at radius 1 is 0.842 bits per heavy atom. The summed E-state index contributed by atoms with van der Waals surface area (Å²) in [6.07, 6.45) is -10.9. The number of aliphatic carboxylic acids is 1. The maximum absolute atomic E-state index is 10.3. The number of aliphatic hydroxyl groups excluding tert-OH is 8. The quantitative estimate of drug-likeness (QED) is 0.165. The molecule has 0 spiro atoms. The first-order valence-electron chi connectivity index (χ1n) is 5.01. The second-order valence-electron chi connectivity index (χ2n) is 3.71. The fraction of sp³-hybridized carbons (Fsp3) is 0.667. The molecule has 0 bridgehead atoms. The third-order valence-corrected chi connectivity index (χ3v) is 2.33. The second-order valence-corrected chi connectivity index (χ2v) is 3.71. The molecular formula is C9H16O10. The minimum Gasteiger partial charge on any atom is -0.506 e. The summed E-state index contributed by atoms with van der Waals surface area (Å²) in [5.74, 6) is -5.19. The summed E-state index contributed by atoms with van der Waals surface area (Å²) in [6.45, 7) is -0.955. The van der Waals surface area contributed by atoms with Gasteiger partial charge in [0.05, 0.1) is 6.61 Å². The average Bonchev–Trinajstić information content (AvgIpc) is 2.40. The molecule has 0 aliphatic heterocycles. The van der Waals surface area contributed by atoms with Crippen LogP contribution in [-0.2, 0) is 4.79 Å². The van der Waals surface area contributed by atoms with Crippen molar-refractivity contribution in [2.24, 2.45) is 0 Å². The minimum atomic E-state index is -2.42. The Kier molecular flexibility index (Phi) is 6.69. The molecule has 0 rings (SSSR count). The summed E-state index contributed by atoms with van der Waals surface area (Å²) in [5, 5.41) is 80.9. The van der Waals surface area contributed by atoms with E-state index in [9.17, 15) is 25.2 Å².